The minimum absolute atomic E-state index is 0.354. The summed E-state index contributed by atoms with van der Waals surface area (Å²) in [6.45, 7) is 1.96. The molecule has 1 heterocycles. The van der Waals surface area contributed by atoms with Crippen LogP contribution in [0.5, 0.6) is 0 Å². The number of nitrogens with two attached hydrogens (primary N) is 1. The van der Waals surface area contributed by atoms with Gasteiger partial charge >= 0.3 is 0 Å². The van der Waals surface area contributed by atoms with E-state index in [0.29, 0.717) is 11.5 Å². The Balaban J connectivity index is 2.36. The third kappa shape index (κ3) is 2.23. The van der Waals surface area contributed by atoms with Crippen molar-refractivity contribution in [3.8, 4) is 0 Å². The lowest BCUT2D eigenvalue weighted by Gasteiger charge is -2.22. The normalized spacial score (nSPS) is 17.3. The number of carbonyl (C=O) groups is 1. The third-order valence-electron chi connectivity index (χ3n) is 3.32. The van der Waals surface area contributed by atoms with Crippen LogP contribution in [0.1, 0.15) is 59.8 Å². The van der Waals surface area contributed by atoms with E-state index in [0.717, 1.165) is 24.2 Å². The maximum Gasteiger partial charge on any atom is 0.250 e. The molecule has 1 aromatic rings. The van der Waals surface area contributed by atoms with E-state index in [1.54, 1.807) is 0 Å². The molecule has 3 nitrogen and oxygen atoms in total. The number of rotatable bonds is 2. The molecule has 1 aromatic heterocycles. The van der Waals surface area contributed by atoms with Gasteiger partial charge in [0.25, 0.3) is 5.91 Å². The topological polar surface area (TPSA) is 56.0 Å². The Morgan fingerprint density at radius 1 is 1.31 bits per heavy atom. The first-order valence-electron chi connectivity index (χ1n) is 5.96. The van der Waals surface area contributed by atoms with E-state index in [1.165, 1.54) is 19.3 Å². The number of aryl methyl sites for hydroxylation is 1. The Kier molecular flexibility index (Phi) is 3.22. The molecule has 0 radical (unpaired) electrons. The van der Waals surface area contributed by atoms with E-state index in [2.05, 4.69) is 4.98 Å². The molecule has 0 saturated heterocycles. The quantitative estimate of drug-likeness (QED) is 0.829. The SMILES string of the molecule is Cc1ccc(C(N)=O)c(C2CCCCC2)n1. The molecule has 0 spiro atoms. The molecule has 16 heavy (non-hydrogen) atoms. The van der Waals surface area contributed by atoms with E-state index in [9.17, 15) is 4.79 Å². The number of amides is 1. The fraction of sp³-hybridized carbons (Fsp3) is 0.538. The van der Waals surface area contributed by atoms with Crippen molar-refractivity contribution in [2.75, 3.05) is 0 Å². The number of primary amides is 1. The molecule has 3 heteroatoms. The highest BCUT2D eigenvalue weighted by molar-refractivity contribution is 5.94. The van der Waals surface area contributed by atoms with Crippen molar-refractivity contribution in [2.45, 2.75) is 44.9 Å². The molecule has 2 N–H and O–H groups in total. The summed E-state index contributed by atoms with van der Waals surface area (Å²) in [4.78, 5) is 15.9. The Hall–Kier alpha value is -1.38. The van der Waals surface area contributed by atoms with Crippen molar-refractivity contribution in [3.05, 3.63) is 29.1 Å². The number of pyridine rings is 1. The molecule has 0 aromatic carbocycles. The Morgan fingerprint density at radius 2 is 2.00 bits per heavy atom. The Labute approximate surface area is 96.1 Å². The smallest absolute Gasteiger partial charge is 0.250 e. The van der Waals surface area contributed by atoms with Gasteiger partial charge in [0.15, 0.2) is 0 Å². The van der Waals surface area contributed by atoms with E-state index < -0.39 is 0 Å². The molecule has 0 bridgehead atoms. The number of hydrogen-bond donors (Lipinski definition) is 1. The molecular formula is C13H18N2O. The Bertz CT molecular complexity index is 395. The molecule has 1 saturated carbocycles. The highest BCUT2D eigenvalue weighted by atomic mass is 16.1. The summed E-state index contributed by atoms with van der Waals surface area (Å²) in [5.41, 5.74) is 7.89. The average Bonchev–Trinajstić information content (AvgIpc) is 2.29. The van der Waals surface area contributed by atoms with Gasteiger partial charge in [-0.05, 0) is 31.9 Å². The monoisotopic (exact) mass is 218 g/mol. The standard InChI is InChI=1S/C13H18N2O/c1-9-7-8-11(13(14)16)12(15-9)10-5-3-2-4-6-10/h7-8,10H,2-6H2,1H3,(H2,14,16). The molecule has 86 valence electrons. The van der Waals surface area contributed by atoms with Crippen LogP contribution in [-0.4, -0.2) is 10.9 Å². The number of hydrogen-bond acceptors (Lipinski definition) is 2. The first-order valence-corrected chi connectivity index (χ1v) is 5.96. The van der Waals surface area contributed by atoms with Gasteiger partial charge < -0.3 is 5.73 Å². The van der Waals surface area contributed by atoms with Gasteiger partial charge in [0.1, 0.15) is 0 Å². The molecular weight excluding hydrogens is 200 g/mol. The van der Waals surface area contributed by atoms with Gasteiger partial charge in [-0.3, -0.25) is 9.78 Å². The highest BCUT2D eigenvalue weighted by Gasteiger charge is 2.21. The zero-order valence-electron chi connectivity index (χ0n) is 9.70. The summed E-state index contributed by atoms with van der Waals surface area (Å²) in [5, 5.41) is 0. The lowest BCUT2D eigenvalue weighted by Crippen LogP contribution is -2.18. The third-order valence-corrected chi connectivity index (χ3v) is 3.32. The molecule has 0 unspecified atom stereocenters. The average molecular weight is 218 g/mol. The van der Waals surface area contributed by atoms with Crippen LogP contribution in [0, 0.1) is 6.92 Å². The van der Waals surface area contributed by atoms with Gasteiger partial charge in [-0.1, -0.05) is 19.3 Å². The fourth-order valence-corrected chi connectivity index (χ4v) is 2.47. The van der Waals surface area contributed by atoms with Gasteiger partial charge in [0.05, 0.1) is 11.3 Å². The lowest BCUT2D eigenvalue weighted by molar-refractivity contribution is 0.0998. The highest BCUT2D eigenvalue weighted by Crippen LogP contribution is 2.33. The van der Waals surface area contributed by atoms with Gasteiger partial charge in [0.2, 0.25) is 0 Å². The minimum atomic E-state index is -0.354. The molecule has 0 aliphatic heterocycles. The number of aromatic nitrogens is 1. The second kappa shape index (κ2) is 4.64. The second-order valence-corrected chi connectivity index (χ2v) is 4.58. The predicted molar refractivity (Wildman–Crippen MR) is 63.3 cm³/mol. The molecule has 1 aliphatic carbocycles. The maximum absolute atomic E-state index is 11.4. The zero-order valence-corrected chi connectivity index (χ0v) is 9.70. The number of nitrogens with zero attached hydrogens (tertiary/aromatic N) is 1. The minimum Gasteiger partial charge on any atom is -0.366 e. The van der Waals surface area contributed by atoms with Crippen LogP contribution in [0.3, 0.4) is 0 Å². The van der Waals surface area contributed by atoms with Crippen LogP contribution in [0.2, 0.25) is 0 Å². The molecule has 1 fully saturated rings. The predicted octanol–water partition coefficient (Wildman–Crippen LogP) is 2.54. The molecule has 2 rings (SSSR count). The van der Waals surface area contributed by atoms with E-state index in [1.807, 2.05) is 19.1 Å². The van der Waals surface area contributed by atoms with Crippen molar-refractivity contribution < 1.29 is 4.79 Å². The first-order chi connectivity index (χ1) is 7.68. The first kappa shape index (κ1) is 11.1. The van der Waals surface area contributed by atoms with Gasteiger partial charge in [-0.25, -0.2) is 0 Å². The summed E-state index contributed by atoms with van der Waals surface area (Å²) in [7, 11) is 0. The van der Waals surface area contributed by atoms with E-state index >= 15 is 0 Å². The zero-order chi connectivity index (χ0) is 11.5. The molecule has 0 atom stereocenters. The van der Waals surface area contributed by atoms with Crippen LogP contribution in [-0.2, 0) is 0 Å². The van der Waals surface area contributed by atoms with Crippen molar-refractivity contribution in [2.24, 2.45) is 5.73 Å². The van der Waals surface area contributed by atoms with Crippen molar-refractivity contribution >= 4 is 5.91 Å². The van der Waals surface area contributed by atoms with E-state index in [4.69, 9.17) is 5.73 Å². The van der Waals surface area contributed by atoms with E-state index in [-0.39, 0.29) is 5.91 Å². The molecule has 1 aliphatic rings. The summed E-state index contributed by atoms with van der Waals surface area (Å²) in [6.07, 6.45) is 6.04. The second-order valence-electron chi connectivity index (χ2n) is 4.58. The van der Waals surface area contributed by atoms with Crippen LogP contribution in [0.15, 0.2) is 12.1 Å². The van der Waals surface area contributed by atoms with Gasteiger partial charge in [-0.2, -0.15) is 0 Å². The lowest BCUT2D eigenvalue weighted by atomic mass is 9.85. The van der Waals surface area contributed by atoms with Crippen LogP contribution < -0.4 is 5.73 Å². The van der Waals surface area contributed by atoms with Crippen LogP contribution in [0.4, 0.5) is 0 Å². The van der Waals surface area contributed by atoms with Crippen molar-refractivity contribution in [1.82, 2.24) is 4.98 Å². The van der Waals surface area contributed by atoms with Crippen molar-refractivity contribution in [3.63, 3.8) is 0 Å². The summed E-state index contributed by atoms with van der Waals surface area (Å²) < 4.78 is 0. The number of carbonyl (C=O) groups excluding carboxylic acids is 1. The summed E-state index contributed by atoms with van der Waals surface area (Å²) in [5.74, 6) is 0.0734. The summed E-state index contributed by atoms with van der Waals surface area (Å²) >= 11 is 0. The van der Waals surface area contributed by atoms with Crippen LogP contribution in [0.25, 0.3) is 0 Å². The summed E-state index contributed by atoms with van der Waals surface area (Å²) in [6, 6.07) is 3.67. The van der Waals surface area contributed by atoms with Gasteiger partial charge in [-0.15, -0.1) is 0 Å². The fourth-order valence-electron chi connectivity index (χ4n) is 2.47. The molecule has 1 amide bonds. The van der Waals surface area contributed by atoms with Gasteiger partial charge in [0, 0.05) is 11.6 Å². The maximum atomic E-state index is 11.4. The largest absolute Gasteiger partial charge is 0.366 e. The van der Waals surface area contributed by atoms with Crippen LogP contribution >= 0.6 is 0 Å². The Morgan fingerprint density at radius 3 is 2.62 bits per heavy atom. The van der Waals surface area contributed by atoms with Crippen molar-refractivity contribution in [1.29, 1.82) is 0 Å².